The van der Waals surface area contributed by atoms with Gasteiger partial charge in [-0.3, -0.25) is 19.2 Å². The maximum Gasteiger partial charge on any atom is 0.238 e. The van der Waals surface area contributed by atoms with Gasteiger partial charge >= 0.3 is 0 Å². The molecule has 4 fully saturated rings. The van der Waals surface area contributed by atoms with E-state index in [0.29, 0.717) is 11.4 Å². The Bertz CT molecular complexity index is 1810. The van der Waals surface area contributed by atoms with Crippen molar-refractivity contribution in [2.45, 2.75) is 0 Å². The van der Waals surface area contributed by atoms with Crippen molar-refractivity contribution in [2.75, 3.05) is 9.80 Å². The van der Waals surface area contributed by atoms with Gasteiger partial charge in [0.25, 0.3) is 0 Å². The molecule has 4 amide bonds. The molecule has 0 N–H and O–H groups in total. The van der Waals surface area contributed by atoms with Crippen molar-refractivity contribution in [3.63, 3.8) is 0 Å². The molecule has 2 aliphatic heterocycles. The molecule has 8 atom stereocenters. The highest BCUT2D eigenvalue weighted by Gasteiger charge is 2.75. The van der Waals surface area contributed by atoms with Gasteiger partial charge in [0.1, 0.15) is 0 Å². The van der Waals surface area contributed by atoms with Crippen LogP contribution in [0.1, 0.15) is 0 Å². The zero-order valence-electron chi connectivity index (χ0n) is 21.4. The first kappa shape index (κ1) is 22.3. The van der Waals surface area contributed by atoms with Gasteiger partial charge in [0.15, 0.2) is 0 Å². The van der Waals surface area contributed by atoms with Gasteiger partial charge in [-0.25, -0.2) is 9.80 Å². The monoisotopic (exact) mass is 524 g/mol. The Morgan fingerprint density at radius 3 is 1.25 bits per heavy atom. The molecule has 6 nitrogen and oxygen atoms in total. The van der Waals surface area contributed by atoms with Crippen LogP contribution in [0.5, 0.6) is 0 Å². The smallest absolute Gasteiger partial charge is 0.238 e. The van der Waals surface area contributed by atoms with Crippen LogP contribution in [0, 0.1) is 47.3 Å². The number of anilines is 2. The molecule has 2 bridgehead atoms. The predicted molar refractivity (Wildman–Crippen MR) is 150 cm³/mol. The summed E-state index contributed by atoms with van der Waals surface area (Å²) in [5.41, 5.74) is 1.23. The number of carbonyl (C=O) groups is 4. The van der Waals surface area contributed by atoms with E-state index in [1.165, 1.54) is 9.80 Å². The lowest BCUT2D eigenvalue weighted by atomic mass is 9.40. The zero-order chi connectivity index (χ0) is 26.9. The molecule has 0 aromatic heterocycles. The van der Waals surface area contributed by atoms with E-state index in [-0.39, 0.29) is 47.3 Å². The fourth-order valence-corrected chi connectivity index (χ4v) is 8.88. The third kappa shape index (κ3) is 2.50. The number of hydrogen-bond donors (Lipinski definition) is 0. The number of benzene rings is 4. The van der Waals surface area contributed by atoms with Crippen LogP contribution >= 0.6 is 0 Å². The van der Waals surface area contributed by atoms with Gasteiger partial charge in [0, 0.05) is 10.8 Å². The van der Waals surface area contributed by atoms with E-state index in [1.807, 2.05) is 84.9 Å². The number of nitrogens with zero attached hydrogens (tertiary/aromatic N) is 2. The van der Waals surface area contributed by atoms with Crippen LogP contribution in [-0.4, -0.2) is 23.6 Å². The minimum Gasteiger partial charge on any atom is -0.274 e. The summed E-state index contributed by atoms with van der Waals surface area (Å²) in [5, 5.41) is 3.67. The molecular formula is C34H24N2O4. The van der Waals surface area contributed by atoms with Crippen LogP contribution in [0.3, 0.4) is 0 Å². The molecule has 0 unspecified atom stereocenters. The number of fused-ring (bicyclic) bond motifs is 3. The zero-order valence-corrected chi connectivity index (χ0v) is 21.4. The van der Waals surface area contributed by atoms with Crippen LogP contribution in [0.15, 0.2) is 97.1 Å². The number of hydrogen-bond acceptors (Lipinski definition) is 4. The van der Waals surface area contributed by atoms with E-state index in [1.54, 1.807) is 0 Å². The molecule has 0 spiro atoms. The Labute approximate surface area is 229 Å². The average molecular weight is 525 g/mol. The van der Waals surface area contributed by atoms with E-state index in [2.05, 4.69) is 12.2 Å². The average Bonchev–Trinajstić information content (AvgIpc) is 3.36. The van der Waals surface area contributed by atoms with Gasteiger partial charge < -0.3 is 0 Å². The molecule has 4 aromatic carbocycles. The lowest BCUT2D eigenvalue weighted by molar-refractivity contribution is -0.166. The van der Waals surface area contributed by atoms with Crippen molar-refractivity contribution in [1.29, 1.82) is 0 Å². The van der Waals surface area contributed by atoms with E-state index < -0.39 is 23.7 Å². The highest BCUT2D eigenvalue weighted by molar-refractivity contribution is 6.27. The van der Waals surface area contributed by atoms with Crippen molar-refractivity contribution < 1.29 is 19.2 Å². The first-order valence-electron chi connectivity index (χ1n) is 14.0. The Balaban J connectivity index is 1.11. The molecule has 10 rings (SSSR count). The van der Waals surface area contributed by atoms with E-state index in [0.717, 1.165) is 21.5 Å². The third-order valence-electron chi connectivity index (χ3n) is 10.4. The lowest BCUT2D eigenvalue weighted by Crippen LogP contribution is -2.63. The fourth-order valence-electron chi connectivity index (χ4n) is 8.88. The second-order valence-electron chi connectivity index (χ2n) is 11.8. The Morgan fingerprint density at radius 1 is 0.425 bits per heavy atom. The molecule has 4 aliphatic carbocycles. The molecule has 4 aromatic rings. The maximum absolute atomic E-state index is 14.0. The summed E-state index contributed by atoms with van der Waals surface area (Å²) in [7, 11) is 0. The molecule has 0 radical (unpaired) electrons. The molecule has 40 heavy (non-hydrogen) atoms. The van der Waals surface area contributed by atoms with Crippen LogP contribution in [-0.2, 0) is 19.2 Å². The summed E-state index contributed by atoms with van der Waals surface area (Å²) in [6, 6.07) is 26.9. The normalized spacial score (nSPS) is 33.5. The summed E-state index contributed by atoms with van der Waals surface area (Å²) in [6.07, 6.45) is 4.11. The first-order valence-corrected chi connectivity index (χ1v) is 14.0. The first-order chi connectivity index (χ1) is 19.6. The van der Waals surface area contributed by atoms with Gasteiger partial charge in [-0.15, -0.1) is 0 Å². The van der Waals surface area contributed by atoms with Crippen LogP contribution in [0.25, 0.3) is 21.5 Å². The molecule has 6 aliphatic rings. The lowest BCUT2D eigenvalue weighted by Gasteiger charge is -2.60. The van der Waals surface area contributed by atoms with Crippen molar-refractivity contribution in [3.8, 4) is 0 Å². The summed E-state index contributed by atoms with van der Waals surface area (Å²) >= 11 is 0. The topological polar surface area (TPSA) is 74.8 Å². The Hall–Kier alpha value is -4.58. The van der Waals surface area contributed by atoms with E-state index in [9.17, 15) is 19.2 Å². The van der Waals surface area contributed by atoms with Gasteiger partial charge in [-0.05, 0) is 46.6 Å². The molecule has 2 saturated heterocycles. The van der Waals surface area contributed by atoms with Crippen molar-refractivity contribution in [2.24, 2.45) is 47.3 Å². The van der Waals surface area contributed by atoms with Gasteiger partial charge in [-0.1, -0.05) is 84.9 Å². The maximum atomic E-state index is 14.0. The second-order valence-corrected chi connectivity index (χ2v) is 11.8. The third-order valence-corrected chi connectivity index (χ3v) is 10.4. The molecule has 2 heterocycles. The van der Waals surface area contributed by atoms with Gasteiger partial charge in [0.05, 0.1) is 35.0 Å². The molecule has 194 valence electrons. The molecule has 2 saturated carbocycles. The quantitative estimate of drug-likeness (QED) is 0.274. The van der Waals surface area contributed by atoms with Crippen molar-refractivity contribution in [1.82, 2.24) is 0 Å². The predicted octanol–water partition coefficient (Wildman–Crippen LogP) is 4.97. The fraction of sp³-hybridized carbons (Fsp3) is 0.235. The van der Waals surface area contributed by atoms with Crippen LogP contribution in [0.4, 0.5) is 11.4 Å². The minimum absolute atomic E-state index is 0.109. The SMILES string of the molecule is O=C1[C@@H]2[C@H]3C=C[C@@H]([C@@H]2C(=O)N1c1cccc2ccccc12)[C@@H]1[C@@H]2C(=O)N(c4cccc5ccccc45)C(=O)[C@H]2[C@H]31. The summed E-state index contributed by atoms with van der Waals surface area (Å²) < 4.78 is 0. The summed E-state index contributed by atoms with van der Waals surface area (Å²) in [5.74, 6) is -3.32. The van der Waals surface area contributed by atoms with Gasteiger partial charge in [-0.2, -0.15) is 0 Å². The molecule has 6 heteroatoms. The van der Waals surface area contributed by atoms with Crippen molar-refractivity contribution in [3.05, 3.63) is 97.1 Å². The summed E-state index contributed by atoms with van der Waals surface area (Å²) in [6.45, 7) is 0. The highest BCUT2D eigenvalue weighted by atomic mass is 16.2. The highest BCUT2D eigenvalue weighted by Crippen LogP contribution is 2.68. The van der Waals surface area contributed by atoms with E-state index >= 15 is 0 Å². The Morgan fingerprint density at radius 2 is 0.800 bits per heavy atom. The number of imide groups is 2. The van der Waals surface area contributed by atoms with Crippen LogP contribution < -0.4 is 9.80 Å². The second kappa shape index (κ2) is 7.54. The van der Waals surface area contributed by atoms with E-state index in [4.69, 9.17) is 0 Å². The largest absolute Gasteiger partial charge is 0.274 e. The summed E-state index contributed by atoms with van der Waals surface area (Å²) in [4.78, 5) is 58.7. The number of rotatable bonds is 2. The minimum atomic E-state index is -0.502. The number of amides is 4. The number of carbonyl (C=O) groups excluding carboxylic acids is 4. The number of allylic oxidation sites excluding steroid dienone is 2. The van der Waals surface area contributed by atoms with Gasteiger partial charge in [0.2, 0.25) is 23.6 Å². The van der Waals surface area contributed by atoms with Crippen molar-refractivity contribution >= 4 is 56.5 Å². The standard InChI is InChI=1S/C34H24N2O4/c37-31-27-21-15-16-22(28(27)32(38)35(31)23-13-5-9-17-7-1-3-11-19(17)23)26-25(21)29-30(26)34(40)36(33(29)39)24-14-6-10-18-8-2-4-12-20(18)24/h1-16,21-22,25-30H/t21-,22+,25+,26-,27+,28-,29-,30-/m0/s1. The van der Waals surface area contributed by atoms with Crippen LogP contribution in [0.2, 0.25) is 0 Å². The molecular weight excluding hydrogens is 500 g/mol. The Kier molecular flexibility index (Phi) is 4.19.